The second kappa shape index (κ2) is 8.52. The number of amides is 1. The molecule has 1 fully saturated rings. The molecule has 8 heteroatoms. The number of quaternary nitrogens is 1. The van der Waals surface area contributed by atoms with Gasteiger partial charge in [0, 0.05) is 0 Å². The average Bonchev–Trinajstić information content (AvgIpc) is 2.73. The van der Waals surface area contributed by atoms with Crippen molar-refractivity contribution in [1.82, 2.24) is 0 Å². The van der Waals surface area contributed by atoms with Gasteiger partial charge in [0.25, 0.3) is 5.91 Å². The van der Waals surface area contributed by atoms with Crippen molar-refractivity contribution >= 4 is 17.3 Å². The van der Waals surface area contributed by atoms with Crippen molar-refractivity contribution < 1.29 is 27.6 Å². The van der Waals surface area contributed by atoms with Crippen molar-refractivity contribution in [2.45, 2.75) is 13.0 Å². The van der Waals surface area contributed by atoms with Gasteiger partial charge in [0.15, 0.2) is 23.5 Å². The fraction of sp³-hybridized carbons (Fsp3) is 0.350. The standard InChI is InChI=1S/C20H22F3N3O2/c1-13(20(27)24-15-8-7-14(21)18(22)19(15)23)25-9-11-26(12-10-25)16-5-3-4-6-17(16)28-2/h3-8,13H,9-12H2,1-2H3,(H,24,27)/p+1/t13-/m1/s1. The quantitative estimate of drug-likeness (QED) is 0.761. The Balaban J connectivity index is 1.61. The van der Waals surface area contributed by atoms with E-state index in [0.717, 1.165) is 41.6 Å². The predicted octanol–water partition coefficient (Wildman–Crippen LogP) is 1.84. The van der Waals surface area contributed by atoms with Crippen molar-refractivity contribution in [1.29, 1.82) is 0 Å². The van der Waals surface area contributed by atoms with Gasteiger partial charge in [0.1, 0.15) is 5.75 Å². The van der Waals surface area contributed by atoms with E-state index in [1.54, 1.807) is 14.0 Å². The van der Waals surface area contributed by atoms with Crippen LogP contribution in [0.4, 0.5) is 24.5 Å². The molecule has 0 unspecified atom stereocenters. The molecular weight excluding hydrogens is 371 g/mol. The van der Waals surface area contributed by atoms with Crippen LogP contribution in [0.2, 0.25) is 0 Å². The van der Waals surface area contributed by atoms with E-state index in [-0.39, 0.29) is 5.69 Å². The summed E-state index contributed by atoms with van der Waals surface area (Å²) in [6.45, 7) is 4.60. The molecule has 1 aliphatic rings. The van der Waals surface area contributed by atoms with Crippen molar-refractivity contribution in [3.8, 4) is 5.75 Å². The minimum absolute atomic E-state index is 0.359. The van der Waals surface area contributed by atoms with Crippen LogP contribution in [0.25, 0.3) is 0 Å². The van der Waals surface area contributed by atoms with Crippen LogP contribution in [-0.4, -0.2) is 45.2 Å². The molecule has 0 saturated carbocycles. The number of para-hydroxylation sites is 2. The van der Waals surface area contributed by atoms with E-state index in [1.807, 2.05) is 24.3 Å². The van der Waals surface area contributed by atoms with Crippen LogP contribution in [0.15, 0.2) is 36.4 Å². The van der Waals surface area contributed by atoms with E-state index >= 15 is 0 Å². The zero-order valence-electron chi connectivity index (χ0n) is 15.8. The predicted molar refractivity (Wildman–Crippen MR) is 100 cm³/mol. The molecule has 1 amide bonds. The van der Waals surface area contributed by atoms with Crippen molar-refractivity contribution in [3.05, 3.63) is 53.8 Å². The maximum absolute atomic E-state index is 13.8. The molecule has 2 aromatic carbocycles. The second-order valence-electron chi connectivity index (χ2n) is 6.75. The van der Waals surface area contributed by atoms with Gasteiger partial charge >= 0.3 is 0 Å². The molecule has 28 heavy (non-hydrogen) atoms. The Labute approximate surface area is 161 Å². The molecule has 1 atom stereocenters. The zero-order chi connectivity index (χ0) is 20.3. The van der Waals surface area contributed by atoms with Crippen LogP contribution >= 0.6 is 0 Å². The third-order valence-corrected chi connectivity index (χ3v) is 5.13. The number of halogens is 3. The van der Waals surface area contributed by atoms with E-state index in [1.165, 1.54) is 0 Å². The molecule has 0 bridgehead atoms. The van der Waals surface area contributed by atoms with Gasteiger partial charge in [-0.05, 0) is 31.2 Å². The Morgan fingerprint density at radius 1 is 1.11 bits per heavy atom. The van der Waals surface area contributed by atoms with Crippen LogP contribution in [0.5, 0.6) is 5.75 Å². The molecule has 5 nitrogen and oxygen atoms in total. The molecular formula is C20H23F3N3O2+. The molecule has 2 aromatic rings. The maximum atomic E-state index is 13.8. The van der Waals surface area contributed by atoms with E-state index in [0.29, 0.717) is 13.1 Å². The summed E-state index contributed by atoms with van der Waals surface area (Å²) in [5.41, 5.74) is 0.646. The van der Waals surface area contributed by atoms with Crippen molar-refractivity contribution in [2.75, 3.05) is 43.5 Å². The van der Waals surface area contributed by atoms with E-state index in [2.05, 4.69) is 10.2 Å². The maximum Gasteiger partial charge on any atom is 0.282 e. The van der Waals surface area contributed by atoms with E-state index in [9.17, 15) is 18.0 Å². The van der Waals surface area contributed by atoms with Crippen LogP contribution in [0.1, 0.15) is 6.92 Å². The third-order valence-electron chi connectivity index (χ3n) is 5.13. The number of nitrogens with one attached hydrogen (secondary N) is 2. The Morgan fingerprint density at radius 2 is 1.79 bits per heavy atom. The molecule has 0 aliphatic carbocycles. The first kappa shape index (κ1) is 20.0. The molecule has 0 spiro atoms. The fourth-order valence-electron chi connectivity index (χ4n) is 3.41. The summed E-state index contributed by atoms with van der Waals surface area (Å²) in [5, 5.41) is 2.36. The number of anilines is 2. The first-order valence-corrected chi connectivity index (χ1v) is 9.09. The van der Waals surface area contributed by atoms with Crippen LogP contribution < -0.4 is 19.9 Å². The first-order chi connectivity index (χ1) is 13.4. The summed E-state index contributed by atoms with van der Waals surface area (Å²) in [7, 11) is 1.63. The monoisotopic (exact) mass is 394 g/mol. The minimum atomic E-state index is -1.59. The number of methoxy groups -OCH3 is 1. The van der Waals surface area contributed by atoms with E-state index in [4.69, 9.17) is 4.74 Å². The lowest BCUT2D eigenvalue weighted by Crippen LogP contribution is -3.19. The molecule has 1 saturated heterocycles. The Kier molecular flexibility index (Phi) is 6.08. The van der Waals surface area contributed by atoms with Crippen LogP contribution in [0.3, 0.4) is 0 Å². The van der Waals surface area contributed by atoms with Crippen molar-refractivity contribution in [2.24, 2.45) is 0 Å². The fourth-order valence-corrected chi connectivity index (χ4v) is 3.41. The van der Waals surface area contributed by atoms with Gasteiger partial charge in [-0.1, -0.05) is 12.1 Å². The number of nitrogens with zero attached hydrogens (tertiary/aromatic N) is 1. The molecule has 1 aliphatic heterocycles. The number of hydrogen-bond acceptors (Lipinski definition) is 3. The summed E-state index contributed by atoms with van der Waals surface area (Å²) in [4.78, 5) is 15.7. The Hall–Kier alpha value is -2.74. The van der Waals surface area contributed by atoms with Gasteiger partial charge in [-0.25, -0.2) is 13.2 Å². The topological polar surface area (TPSA) is 46.0 Å². The first-order valence-electron chi connectivity index (χ1n) is 9.09. The SMILES string of the molecule is COc1ccccc1N1CC[NH+]([C@H](C)C(=O)Nc2ccc(F)c(F)c2F)CC1. The number of ether oxygens (including phenoxy) is 1. The largest absolute Gasteiger partial charge is 0.495 e. The van der Waals surface area contributed by atoms with Gasteiger partial charge in [-0.3, -0.25) is 4.79 Å². The normalized spacial score (nSPS) is 16.0. The summed E-state index contributed by atoms with van der Waals surface area (Å²) in [6.07, 6.45) is 0. The number of carbonyl (C=O) groups is 1. The van der Waals surface area contributed by atoms with E-state index < -0.39 is 29.4 Å². The third kappa shape index (κ3) is 4.06. The van der Waals surface area contributed by atoms with Crippen LogP contribution in [-0.2, 0) is 4.79 Å². The lowest BCUT2D eigenvalue weighted by atomic mass is 10.2. The number of rotatable bonds is 5. The summed E-state index contributed by atoms with van der Waals surface area (Å²) in [6, 6.07) is 9.10. The van der Waals surface area contributed by atoms with Crippen molar-refractivity contribution in [3.63, 3.8) is 0 Å². The molecule has 2 N–H and O–H groups in total. The highest BCUT2D eigenvalue weighted by Gasteiger charge is 2.30. The highest BCUT2D eigenvalue weighted by molar-refractivity contribution is 5.93. The highest BCUT2D eigenvalue weighted by atomic mass is 19.2. The number of piperazine rings is 1. The van der Waals surface area contributed by atoms with Gasteiger partial charge in [0.05, 0.1) is 44.7 Å². The Morgan fingerprint density at radius 3 is 2.46 bits per heavy atom. The highest BCUT2D eigenvalue weighted by Crippen LogP contribution is 2.27. The zero-order valence-corrected chi connectivity index (χ0v) is 15.8. The second-order valence-corrected chi connectivity index (χ2v) is 6.75. The van der Waals surface area contributed by atoms with Gasteiger partial charge in [-0.15, -0.1) is 0 Å². The molecule has 1 heterocycles. The van der Waals surface area contributed by atoms with Crippen LogP contribution in [0, 0.1) is 17.5 Å². The summed E-state index contributed by atoms with van der Waals surface area (Å²) < 4.78 is 45.6. The smallest absolute Gasteiger partial charge is 0.282 e. The molecule has 150 valence electrons. The summed E-state index contributed by atoms with van der Waals surface area (Å²) >= 11 is 0. The lowest BCUT2D eigenvalue weighted by molar-refractivity contribution is -0.914. The molecule has 0 radical (unpaired) electrons. The number of benzene rings is 2. The molecule has 3 rings (SSSR count). The Bertz CT molecular complexity index is 855. The molecule has 0 aromatic heterocycles. The number of carbonyl (C=O) groups excluding carboxylic acids is 1. The average molecular weight is 394 g/mol. The van der Waals surface area contributed by atoms with Gasteiger partial charge in [0.2, 0.25) is 0 Å². The minimum Gasteiger partial charge on any atom is -0.495 e. The number of hydrogen-bond donors (Lipinski definition) is 2. The van der Waals surface area contributed by atoms with Gasteiger partial charge < -0.3 is 19.9 Å². The lowest BCUT2D eigenvalue weighted by Gasteiger charge is -2.36. The summed E-state index contributed by atoms with van der Waals surface area (Å²) in [5.74, 6) is -3.92. The van der Waals surface area contributed by atoms with Gasteiger partial charge in [-0.2, -0.15) is 0 Å².